The Balaban J connectivity index is 1.53. The van der Waals surface area contributed by atoms with E-state index in [0.717, 1.165) is 30.2 Å². The summed E-state index contributed by atoms with van der Waals surface area (Å²) in [5, 5.41) is 2.90. The highest BCUT2D eigenvalue weighted by atomic mass is 16.5. The molecular weight excluding hydrogens is 328 g/mol. The summed E-state index contributed by atoms with van der Waals surface area (Å²) in [4.78, 5) is 23.3. The predicted octanol–water partition coefficient (Wildman–Crippen LogP) is 2.84. The van der Waals surface area contributed by atoms with E-state index in [1.54, 1.807) is 19.5 Å². The fourth-order valence-electron chi connectivity index (χ4n) is 3.21. The number of anilines is 1. The molecule has 26 heavy (non-hydrogen) atoms. The summed E-state index contributed by atoms with van der Waals surface area (Å²) >= 11 is 0. The molecule has 138 valence electrons. The Morgan fingerprint density at radius 3 is 2.58 bits per heavy atom. The molecule has 1 saturated heterocycles. The van der Waals surface area contributed by atoms with E-state index in [1.807, 2.05) is 24.3 Å². The Hall–Kier alpha value is -2.63. The van der Waals surface area contributed by atoms with Crippen LogP contribution in [0.5, 0.6) is 5.75 Å². The largest absolute Gasteiger partial charge is 0.496 e. The Morgan fingerprint density at radius 1 is 1.12 bits per heavy atom. The van der Waals surface area contributed by atoms with Gasteiger partial charge in [0.25, 0.3) is 5.91 Å². The van der Waals surface area contributed by atoms with E-state index in [0.29, 0.717) is 18.7 Å². The van der Waals surface area contributed by atoms with Gasteiger partial charge in [0.2, 0.25) is 0 Å². The molecule has 6 heteroatoms. The van der Waals surface area contributed by atoms with Crippen molar-refractivity contribution in [3.8, 4) is 5.75 Å². The number of methoxy groups -OCH3 is 1. The molecule has 1 aromatic heterocycles. The molecule has 2 heterocycles. The Morgan fingerprint density at radius 2 is 1.88 bits per heavy atom. The van der Waals surface area contributed by atoms with Crippen LogP contribution in [0.4, 0.5) is 5.82 Å². The fourth-order valence-corrected chi connectivity index (χ4v) is 3.21. The normalized spacial score (nSPS) is 14.6. The van der Waals surface area contributed by atoms with E-state index < -0.39 is 0 Å². The average molecular weight is 354 g/mol. The summed E-state index contributed by atoms with van der Waals surface area (Å²) in [6.07, 6.45) is 8.90. The van der Waals surface area contributed by atoms with Crippen molar-refractivity contribution in [1.29, 1.82) is 0 Å². The highest BCUT2D eigenvalue weighted by Crippen LogP contribution is 2.18. The van der Waals surface area contributed by atoms with Crippen molar-refractivity contribution in [3.63, 3.8) is 0 Å². The van der Waals surface area contributed by atoms with E-state index >= 15 is 0 Å². The van der Waals surface area contributed by atoms with Crippen molar-refractivity contribution in [3.05, 3.63) is 47.9 Å². The molecule has 0 radical (unpaired) electrons. The van der Waals surface area contributed by atoms with Gasteiger partial charge in [0.1, 0.15) is 17.3 Å². The quantitative estimate of drug-likeness (QED) is 0.864. The van der Waals surface area contributed by atoms with Gasteiger partial charge in [-0.2, -0.15) is 0 Å². The van der Waals surface area contributed by atoms with Gasteiger partial charge in [-0.1, -0.05) is 31.0 Å². The molecule has 1 aromatic carbocycles. The molecule has 1 aliphatic rings. The van der Waals surface area contributed by atoms with Crippen molar-refractivity contribution in [2.75, 3.05) is 31.6 Å². The zero-order valence-electron chi connectivity index (χ0n) is 15.3. The Labute approximate surface area is 154 Å². The molecule has 1 fully saturated rings. The molecule has 0 saturated carbocycles. The van der Waals surface area contributed by atoms with Gasteiger partial charge in [-0.25, -0.2) is 9.97 Å². The van der Waals surface area contributed by atoms with Gasteiger partial charge in [-0.05, 0) is 30.9 Å². The van der Waals surface area contributed by atoms with Crippen molar-refractivity contribution < 1.29 is 9.53 Å². The van der Waals surface area contributed by atoms with Gasteiger partial charge in [0.05, 0.1) is 19.5 Å². The Kier molecular flexibility index (Phi) is 6.41. The first-order valence-electron chi connectivity index (χ1n) is 9.25. The Bertz CT molecular complexity index is 710. The third kappa shape index (κ3) is 4.71. The molecule has 0 unspecified atom stereocenters. The molecule has 0 spiro atoms. The number of rotatable bonds is 6. The van der Waals surface area contributed by atoms with Crippen LogP contribution in [0, 0.1) is 0 Å². The topological polar surface area (TPSA) is 67.3 Å². The van der Waals surface area contributed by atoms with Crippen molar-refractivity contribution in [1.82, 2.24) is 15.3 Å². The van der Waals surface area contributed by atoms with Crippen molar-refractivity contribution in [2.24, 2.45) is 0 Å². The molecular formula is C20H26N4O2. The lowest BCUT2D eigenvalue weighted by Crippen LogP contribution is -2.28. The number of nitrogens with one attached hydrogen (secondary N) is 1. The minimum Gasteiger partial charge on any atom is -0.496 e. The molecule has 3 rings (SSSR count). The molecule has 1 aliphatic heterocycles. The van der Waals surface area contributed by atoms with Crippen LogP contribution >= 0.6 is 0 Å². The van der Waals surface area contributed by atoms with Crippen LogP contribution < -0.4 is 15.0 Å². The van der Waals surface area contributed by atoms with Crippen LogP contribution in [0.1, 0.15) is 41.7 Å². The van der Waals surface area contributed by atoms with E-state index in [2.05, 4.69) is 20.2 Å². The fraction of sp³-hybridized carbons (Fsp3) is 0.450. The van der Waals surface area contributed by atoms with Gasteiger partial charge in [-0.3, -0.25) is 4.79 Å². The number of carbonyl (C=O) groups is 1. The number of para-hydroxylation sites is 1. The van der Waals surface area contributed by atoms with Gasteiger partial charge in [0.15, 0.2) is 0 Å². The smallest absolute Gasteiger partial charge is 0.271 e. The van der Waals surface area contributed by atoms with Crippen LogP contribution in [-0.4, -0.2) is 42.6 Å². The molecule has 2 aromatic rings. The minimum absolute atomic E-state index is 0.199. The summed E-state index contributed by atoms with van der Waals surface area (Å²) < 4.78 is 5.33. The molecule has 1 N–H and O–H groups in total. The first-order chi connectivity index (χ1) is 12.8. The van der Waals surface area contributed by atoms with Gasteiger partial charge in [-0.15, -0.1) is 0 Å². The second-order valence-corrected chi connectivity index (χ2v) is 6.48. The van der Waals surface area contributed by atoms with E-state index in [4.69, 9.17) is 4.74 Å². The summed E-state index contributed by atoms with van der Waals surface area (Å²) in [7, 11) is 1.65. The second-order valence-electron chi connectivity index (χ2n) is 6.48. The monoisotopic (exact) mass is 354 g/mol. The summed E-state index contributed by atoms with van der Waals surface area (Å²) in [5.74, 6) is 1.50. The van der Waals surface area contributed by atoms with Crippen LogP contribution in [0.2, 0.25) is 0 Å². The number of benzene rings is 1. The number of nitrogens with zero attached hydrogens (tertiary/aromatic N) is 3. The minimum atomic E-state index is -0.199. The number of amides is 1. The van der Waals surface area contributed by atoms with Gasteiger partial charge >= 0.3 is 0 Å². The van der Waals surface area contributed by atoms with Crippen LogP contribution in [0.3, 0.4) is 0 Å². The zero-order chi connectivity index (χ0) is 18.2. The average Bonchev–Trinajstić information content (AvgIpc) is 2.98. The second kappa shape index (κ2) is 9.17. The first kappa shape index (κ1) is 18.2. The lowest BCUT2D eigenvalue weighted by molar-refractivity contribution is 0.0948. The molecule has 0 bridgehead atoms. The van der Waals surface area contributed by atoms with E-state index in [9.17, 15) is 4.79 Å². The third-order valence-corrected chi connectivity index (χ3v) is 4.67. The van der Waals surface area contributed by atoms with Gasteiger partial charge < -0.3 is 15.0 Å². The number of ether oxygens (including phenoxy) is 1. The van der Waals surface area contributed by atoms with E-state index in [-0.39, 0.29) is 5.91 Å². The molecule has 6 nitrogen and oxygen atoms in total. The maximum atomic E-state index is 12.3. The SMILES string of the molecule is COc1ccccc1CCNC(=O)c1cnc(N2CCCCCC2)cn1. The summed E-state index contributed by atoms with van der Waals surface area (Å²) in [6, 6.07) is 7.82. The van der Waals surface area contributed by atoms with Crippen molar-refractivity contribution >= 4 is 11.7 Å². The molecule has 0 aliphatic carbocycles. The van der Waals surface area contributed by atoms with Crippen LogP contribution in [-0.2, 0) is 6.42 Å². The van der Waals surface area contributed by atoms with Crippen molar-refractivity contribution in [2.45, 2.75) is 32.1 Å². The maximum Gasteiger partial charge on any atom is 0.271 e. The number of carbonyl (C=O) groups excluding carboxylic acids is 1. The lowest BCUT2D eigenvalue weighted by atomic mass is 10.1. The number of hydrogen-bond acceptors (Lipinski definition) is 5. The maximum absolute atomic E-state index is 12.3. The van der Waals surface area contributed by atoms with E-state index in [1.165, 1.54) is 25.7 Å². The highest BCUT2D eigenvalue weighted by Gasteiger charge is 2.13. The molecule has 0 atom stereocenters. The standard InChI is InChI=1S/C20H26N4O2/c1-26-18-9-5-4-8-16(18)10-11-21-20(25)17-14-23-19(15-22-17)24-12-6-2-3-7-13-24/h4-5,8-9,14-15H,2-3,6-7,10-13H2,1H3,(H,21,25). The summed E-state index contributed by atoms with van der Waals surface area (Å²) in [6.45, 7) is 2.55. The number of hydrogen-bond donors (Lipinski definition) is 1. The van der Waals surface area contributed by atoms with Crippen LogP contribution in [0.25, 0.3) is 0 Å². The molecule has 1 amide bonds. The third-order valence-electron chi connectivity index (χ3n) is 4.67. The first-order valence-corrected chi connectivity index (χ1v) is 9.25. The summed E-state index contributed by atoms with van der Waals surface area (Å²) in [5.41, 5.74) is 1.42. The van der Waals surface area contributed by atoms with Crippen LogP contribution in [0.15, 0.2) is 36.7 Å². The number of aromatic nitrogens is 2. The van der Waals surface area contributed by atoms with Gasteiger partial charge in [0, 0.05) is 19.6 Å². The lowest BCUT2D eigenvalue weighted by Gasteiger charge is -2.20. The zero-order valence-corrected chi connectivity index (χ0v) is 15.3. The highest BCUT2D eigenvalue weighted by molar-refractivity contribution is 5.92. The predicted molar refractivity (Wildman–Crippen MR) is 102 cm³/mol.